The van der Waals surface area contributed by atoms with Crippen molar-refractivity contribution in [1.29, 1.82) is 0 Å². The predicted octanol–water partition coefficient (Wildman–Crippen LogP) is 6.21. The fourth-order valence-electron chi connectivity index (χ4n) is 6.91. The third kappa shape index (κ3) is 8.04. The number of benzene rings is 4. The van der Waals surface area contributed by atoms with E-state index in [1.165, 1.54) is 0 Å². The van der Waals surface area contributed by atoms with Crippen molar-refractivity contribution in [1.82, 2.24) is 0 Å². The maximum atomic E-state index is 13.2. The van der Waals surface area contributed by atoms with Gasteiger partial charge in [0.25, 0.3) is 16.6 Å². The van der Waals surface area contributed by atoms with Crippen molar-refractivity contribution in [2.45, 2.75) is 83.6 Å². The number of aliphatic hydroxyl groups is 1. The van der Waals surface area contributed by atoms with Gasteiger partial charge in [-0.25, -0.2) is 0 Å². The Morgan fingerprint density at radius 3 is 1.19 bits per heavy atom. The van der Waals surface area contributed by atoms with Gasteiger partial charge in [-0.15, -0.1) is 0 Å². The van der Waals surface area contributed by atoms with Crippen LogP contribution in [0.3, 0.4) is 0 Å². The summed E-state index contributed by atoms with van der Waals surface area (Å²) >= 11 is 0. The number of hydrogen-bond acceptors (Lipinski definition) is 5. The molecular weight excluding hydrogens is 617 g/mol. The Bertz CT molecular complexity index is 1440. The van der Waals surface area contributed by atoms with E-state index in [9.17, 15) is 9.90 Å². The molecule has 0 heterocycles. The molecule has 5 nitrogen and oxygen atoms in total. The molecule has 250 valence electrons. The van der Waals surface area contributed by atoms with Crippen LogP contribution < -0.4 is 20.7 Å². The van der Waals surface area contributed by atoms with Crippen LogP contribution in [0.2, 0.25) is 10.1 Å². The molecule has 0 aromatic heterocycles. The summed E-state index contributed by atoms with van der Waals surface area (Å²) in [6.45, 7) is 15.2. The molecule has 2 unspecified atom stereocenters. The zero-order chi connectivity index (χ0) is 34.1. The molecule has 0 spiro atoms. The minimum atomic E-state index is -3.04. The molecule has 0 bridgehead atoms. The van der Waals surface area contributed by atoms with E-state index < -0.39 is 28.8 Å². The Hall–Kier alpha value is -3.34. The number of esters is 1. The standard InChI is InChI=1S/C40H52O5Si2/c1-8-43-38(42)30-32(44-46(39(2,3)4,34-21-13-9-14-22-34)35-23-15-10-16-24-35)29-33(31-41)45-47(40(5,6)7,36-25-17-11-18-26-36)37-27-19-12-20-28-37/h9-28,32-33,41H,8,29-31H2,1-7H3. The van der Waals surface area contributed by atoms with Crippen LogP contribution >= 0.6 is 0 Å². The summed E-state index contributed by atoms with van der Waals surface area (Å²) in [5.74, 6) is -0.322. The van der Waals surface area contributed by atoms with Crippen LogP contribution in [0, 0.1) is 0 Å². The second kappa shape index (κ2) is 15.7. The summed E-state index contributed by atoms with van der Waals surface area (Å²) in [6, 6.07) is 41.7. The highest BCUT2D eigenvalue weighted by molar-refractivity contribution is 7.00. The highest BCUT2D eigenvalue weighted by Crippen LogP contribution is 2.40. The van der Waals surface area contributed by atoms with E-state index in [-0.39, 0.29) is 35.7 Å². The summed E-state index contributed by atoms with van der Waals surface area (Å²) in [5, 5.41) is 15.0. The zero-order valence-corrected chi connectivity index (χ0v) is 31.1. The number of carbonyl (C=O) groups is 1. The molecule has 4 rings (SSSR count). The molecule has 0 aliphatic carbocycles. The summed E-state index contributed by atoms with van der Waals surface area (Å²) in [7, 11) is -6.04. The second-order valence-electron chi connectivity index (χ2n) is 14.2. The molecule has 0 radical (unpaired) electrons. The quantitative estimate of drug-likeness (QED) is 0.128. The predicted molar refractivity (Wildman–Crippen MR) is 198 cm³/mol. The first-order chi connectivity index (χ1) is 22.4. The van der Waals surface area contributed by atoms with Crippen molar-refractivity contribution in [3.05, 3.63) is 121 Å². The topological polar surface area (TPSA) is 65.0 Å². The fraction of sp³-hybridized carbons (Fsp3) is 0.375. The Morgan fingerprint density at radius 1 is 0.596 bits per heavy atom. The molecular formula is C40H52O5Si2. The van der Waals surface area contributed by atoms with Crippen LogP contribution in [0.1, 0.15) is 61.3 Å². The molecule has 0 saturated heterocycles. The van der Waals surface area contributed by atoms with E-state index in [0.717, 1.165) is 20.7 Å². The second-order valence-corrected chi connectivity index (χ2v) is 22.7. The van der Waals surface area contributed by atoms with E-state index in [4.69, 9.17) is 13.6 Å². The van der Waals surface area contributed by atoms with Crippen LogP contribution in [0.15, 0.2) is 121 Å². The minimum absolute atomic E-state index is 0.0545. The van der Waals surface area contributed by atoms with Crippen LogP contribution in [-0.4, -0.2) is 53.1 Å². The van der Waals surface area contributed by atoms with Crippen molar-refractivity contribution in [2.24, 2.45) is 0 Å². The average molecular weight is 669 g/mol. The zero-order valence-electron chi connectivity index (χ0n) is 29.1. The monoisotopic (exact) mass is 668 g/mol. The first-order valence-corrected chi connectivity index (χ1v) is 20.5. The summed E-state index contributed by atoms with van der Waals surface area (Å²) < 4.78 is 20.4. The third-order valence-electron chi connectivity index (χ3n) is 8.95. The van der Waals surface area contributed by atoms with Gasteiger partial charge in [0.1, 0.15) is 0 Å². The van der Waals surface area contributed by atoms with Gasteiger partial charge in [0.2, 0.25) is 0 Å². The molecule has 4 aromatic carbocycles. The van der Waals surface area contributed by atoms with Crippen LogP contribution in [0.5, 0.6) is 0 Å². The normalized spacial score (nSPS) is 14.0. The molecule has 0 saturated carbocycles. The Balaban J connectivity index is 1.85. The maximum Gasteiger partial charge on any atom is 0.308 e. The molecule has 2 atom stereocenters. The van der Waals surface area contributed by atoms with Crippen molar-refractivity contribution in [3.63, 3.8) is 0 Å². The highest BCUT2D eigenvalue weighted by atomic mass is 28.4. The molecule has 0 amide bonds. The van der Waals surface area contributed by atoms with Gasteiger partial charge in [-0.2, -0.15) is 0 Å². The molecule has 0 fully saturated rings. The van der Waals surface area contributed by atoms with Gasteiger partial charge in [0, 0.05) is 6.42 Å². The van der Waals surface area contributed by atoms with Gasteiger partial charge in [0.15, 0.2) is 0 Å². The van der Waals surface area contributed by atoms with E-state index in [1.807, 2.05) is 31.2 Å². The smallest absolute Gasteiger partial charge is 0.308 e. The number of aliphatic hydroxyl groups excluding tert-OH is 1. The molecule has 47 heavy (non-hydrogen) atoms. The maximum absolute atomic E-state index is 13.2. The lowest BCUT2D eigenvalue weighted by molar-refractivity contribution is -0.145. The van der Waals surface area contributed by atoms with Crippen molar-refractivity contribution < 1.29 is 23.5 Å². The van der Waals surface area contributed by atoms with Crippen molar-refractivity contribution in [2.75, 3.05) is 13.2 Å². The van der Waals surface area contributed by atoms with E-state index in [0.29, 0.717) is 6.42 Å². The van der Waals surface area contributed by atoms with E-state index in [2.05, 4.69) is 139 Å². The van der Waals surface area contributed by atoms with Crippen molar-refractivity contribution in [3.8, 4) is 0 Å². The number of carbonyl (C=O) groups excluding carboxylic acids is 1. The van der Waals surface area contributed by atoms with Crippen molar-refractivity contribution >= 4 is 43.4 Å². The Labute approximate surface area is 284 Å². The lowest BCUT2D eigenvalue weighted by atomic mass is 10.1. The van der Waals surface area contributed by atoms with Gasteiger partial charge in [0.05, 0.1) is 31.8 Å². The van der Waals surface area contributed by atoms with E-state index >= 15 is 0 Å². The summed E-state index contributed by atoms with van der Waals surface area (Å²) in [4.78, 5) is 13.2. The summed E-state index contributed by atoms with van der Waals surface area (Å²) in [6.07, 6.45) is -0.793. The molecule has 7 heteroatoms. The van der Waals surface area contributed by atoms with Gasteiger partial charge < -0.3 is 18.7 Å². The first kappa shape index (κ1) is 36.5. The minimum Gasteiger partial charge on any atom is -0.466 e. The van der Waals surface area contributed by atoms with Crippen LogP contribution in [0.25, 0.3) is 0 Å². The van der Waals surface area contributed by atoms with Crippen LogP contribution in [0.4, 0.5) is 0 Å². The number of rotatable bonds is 14. The highest BCUT2D eigenvalue weighted by Gasteiger charge is 2.54. The fourth-order valence-corrected chi connectivity index (χ4v) is 16.3. The van der Waals surface area contributed by atoms with Gasteiger partial charge >= 0.3 is 5.97 Å². The Kier molecular flexibility index (Phi) is 12.2. The summed E-state index contributed by atoms with van der Waals surface area (Å²) in [5.41, 5.74) is 0. The molecule has 0 aliphatic rings. The SMILES string of the molecule is CCOC(=O)CC(CC(CO)O[Si](c1ccccc1)(c1ccccc1)C(C)(C)C)O[Si](c1ccccc1)(c1ccccc1)C(C)(C)C. The van der Waals surface area contributed by atoms with E-state index in [1.54, 1.807) is 0 Å². The van der Waals surface area contributed by atoms with Gasteiger partial charge in [-0.05, 0) is 37.7 Å². The molecule has 4 aromatic rings. The molecule has 1 N–H and O–H groups in total. The van der Waals surface area contributed by atoms with Gasteiger partial charge in [-0.1, -0.05) is 163 Å². The Morgan fingerprint density at radius 2 is 0.915 bits per heavy atom. The average Bonchev–Trinajstić information content (AvgIpc) is 3.06. The number of ether oxygens (including phenoxy) is 1. The molecule has 0 aliphatic heterocycles. The first-order valence-electron chi connectivity index (χ1n) is 16.7. The van der Waals surface area contributed by atoms with Crippen LogP contribution in [-0.2, 0) is 18.4 Å². The number of hydrogen-bond donors (Lipinski definition) is 1. The van der Waals surface area contributed by atoms with Gasteiger partial charge in [-0.3, -0.25) is 4.79 Å². The largest absolute Gasteiger partial charge is 0.466 e. The lowest BCUT2D eigenvalue weighted by Gasteiger charge is -2.47. The third-order valence-corrected chi connectivity index (χ3v) is 19.1. The lowest BCUT2D eigenvalue weighted by Crippen LogP contribution is -2.69.